The Labute approximate surface area is 169 Å². The van der Waals surface area contributed by atoms with E-state index in [2.05, 4.69) is 5.73 Å². The van der Waals surface area contributed by atoms with Crippen molar-refractivity contribution in [2.45, 2.75) is 20.8 Å². The minimum Gasteiger partial charge on any atom is -0.508 e. The Kier molecular flexibility index (Phi) is 7.21. The maximum atomic E-state index is 10.1. The standard InChI is InChI=1S/C20H24N4O2.CH3NO/c1-12-7-8-17(25)13(2)19(12)24-20(22)14(3)18(23-24)15-5-4-6-16(11-15)26-10-9-21;2-1-3/h4-8,11,25H,9-10,21-22H2,1-3H3;1H,(H2,2,3). The Balaban J connectivity index is 0.000000941. The molecule has 0 aliphatic rings. The fourth-order valence-corrected chi connectivity index (χ4v) is 3.01. The summed E-state index contributed by atoms with van der Waals surface area (Å²) in [5, 5.41) is 14.8. The van der Waals surface area contributed by atoms with Gasteiger partial charge in [0.25, 0.3) is 0 Å². The number of hydrogen-bond donors (Lipinski definition) is 4. The number of nitrogen functional groups attached to an aromatic ring is 1. The quantitative estimate of drug-likeness (QED) is 0.486. The third-order valence-corrected chi connectivity index (χ3v) is 4.48. The molecule has 7 N–H and O–H groups in total. The van der Waals surface area contributed by atoms with E-state index in [-0.39, 0.29) is 12.2 Å². The maximum Gasteiger partial charge on any atom is 0.204 e. The molecule has 1 amide bonds. The zero-order chi connectivity index (χ0) is 21.6. The highest BCUT2D eigenvalue weighted by atomic mass is 16.5. The van der Waals surface area contributed by atoms with Crippen molar-refractivity contribution in [3.05, 3.63) is 53.1 Å². The van der Waals surface area contributed by atoms with Crippen LogP contribution in [-0.4, -0.2) is 34.4 Å². The largest absolute Gasteiger partial charge is 0.508 e. The van der Waals surface area contributed by atoms with Crippen molar-refractivity contribution in [1.29, 1.82) is 0 Å². The number of carbonyl (C=O) groups is 1. The molecular weight excluding hydrogens is 370 g/mol. The second-order valence-corrected chi connectivity index (χ2v) is 6.45. The molecule has 0 unspecified atom stereocenters. The molecule has 0 atom stereocenters. The number of hydrogen-bond acceptors (Lipinski definition) is 6. The Morgan fingerprint density at radius 3 is 2.52 bits per heavy atom. The number of aromatic nitrogens is 2. The van der Waals surface area contributed by atoms with Gasteiger partial charge in [-0.1, -0.05) is 18.2 Å². The van der Waals surface area contributed by atoms with E-state index in [1.54, 1.807) is 10.7 Å². The van der Waals surface area contributed by atoms with Crippen LogP contribution in [0.5, 0.6) is 11.5 Å². The van der Waals surface area contributed by atoms with Crippen LogP contribution in [0.1, 0.15) is 16.7 Å². The number of amides is 1. The average Bonchev–Trinajstić information content (AvgIpc) is 2.99. The molecule has 0 saturated heterocycles. The van der Waals surface area contributed by atoms with Crippen molar-refractivity contribution in [3.8, 4) is 28.4 Å². The first kappa shape index (κ1) is 21.8. The van der Waals surface area contributed by atoms with Gasteiger partial charge in [-0.25, -0.2) is 4.68 Å². The molecule has 154 valence electrons. The van der Waals surface area contributed by atoms with Crippen molar-refractivity contribution in [2.24, 2.45) is 11.5 Å². The van der Waals surface area contributed by atoms with E-state index in [9.17, 15) is 5.11 Å². The van der Waals surface area contributed by atoms with Crippen LogP contribution in [0.25, 0.3) is 16.9 Å². The van der Waals surface area contributed by atoms with Gasteiger partial charge in [-0.2, -0.15) is 5.10 Å². The number of ether oxygens (including phenoxy) is 1. The molecule has 0 aliphatic heterocycles. The predicted molar refractivity (Wildman–Crippen MR) is 114 cm³/mol. The van der Waals surface area contributed by atoms with Gasteiger partial charge in [0, 0.05) is 23.2 Å². The van der Waals surface area contributed by atoms with Gasteiger partial charge in [0.2, 0.25) is 6.41 Å². The van der Waals surface area contributed by atoms with Crippen LogP contribution in [0.2, 0.25) is 0 Å². The van der Waals surface area contributed by atoms with Crippen molar-refractivity contribution in [2.75, 3.05) is 18.9 Å². The first-order valence-corrected chi connectivity index (χ1v) is 9.09. The van der Waals surface area contributed by atoms with Crippen molar-refractivity contribution >= 4 is 12.2 Å². The molecule has 0 radical (unpaired) electrons. The zero-order valence-electron chi connectivity index (χ0n) is 16.8. The monoisotopic (exact) mass is 397 g/mol. The molecule has 8 heteroatoms. The number of phenolic OH excluding ortho intramolecular Hbond substituents is 1. The number of aromatic hydroxyl groups is 1. The summed E-state index contributed by atoms with van der Waals surface area (Å²) in [6, 6.07) is 11.2. The fourth-order valence-electron chi connectivity index (χ4n) is 3.01. The van der Waals surface area contributed by atoms with E-state index < -0.39 is 0 Å². The number of primary amides is 1. The molecule has 3 aromatic rings. The van der Waals surface area contributed by atoms with Crippen molar-refractivity contribution in [1.82, 2.24) is 9.78 Å². The molecule has 29 heavy (non-hydrogen) atoms. The second-order valence-electron chi connectivity index (χ2n) is 6.45. The van der Waals surface area contributed by atoms with Crippen LogP contribution >= 0.6 is 0 Å². The van der Waals surface area contributed by atoms with Gasteiger partial charge in [0.15, 0.2) is 0 Å². The maximum absolute atomic E-state index is 10.1. The zero-order valence-corrected chi connectivity index (χ0v) is 16.8. The number of rotatable bonds is 5. The number of anilines is 1. The van der Waals surface area contributed by atoms with Gasteiger partial charge in [-0.15, -0.1) is 0 Å². The van der Waals surface area contributed by atoms with Crippen LogP contribution in [0.15, 0.2) is 36.4 Å². The third kappa shape index (κ3) is 4.67. The molecular formula is C21H27N5O3. The summed E-state index contributed by atoms with van der Waals surface area (Å²) in [5.74, 6) is 1.51. The summed E-state index contributed by atoms with van der Waals surface area (Å²) < 4.78 is 7.31. The van der Waals surface area contributed by atoms with E-state index in [4.69, 9.17) is 26.1 Å². The number of nitrogens with two attached hydrogens (primary N) is 3. The van der Waals surface area contributed by atoms with E-state index in [0.29, 0.717) is 19.0 Å². The van der Waals surface area contributed by atoms with Gasteiger partial charge >= 0.3 is 0 Å². The Bertz CT molecular complexity index is 998. The van der Waals surface area contributed by atoms with Gasteiger partial charge in [-0.3, -0.25) is 4.79 Å². The molecule has 3 rings (SSSR count). The minimum atomic E-state index is 0.219. The van der Waals surface area contributed by atoms with E-state index in [0.717, 1.165) is 39.4 Å². The van der Waals surface area contributed by atoms with Gasteiger partial charge in [0.1, 0.15) is 23.9 Å². The smallest absolute Gasteiger partial charge is 0.204 e. The van der Waals surface area contributed by atoms with Crippen molar-refractivity contribution in [3.63, 3.8) is 0 Å². The molecule has 0 spiro atoms. The lowest BCUT2D eigenvalue weighted by molar-refractivity contribution is -0.106. The second kappa shape index (κ2) is 9.61. The SMILES string of the molecule is Cc1ccc(O)c(C)c1-n1nc(-c2cccc(OCCN)c2)c(C)c1N.NC=O. The molecule has 0 fully saturated rings. The van der Waals surface area contributed by atoms with E-state index in [1.807, 2.05) is 51.1 Å². The molecule has 0 bridgehead atoms. The Hall–Kier alpha value is -3.52. The van der Waals surface area contributed by atoms with Crippen LogP contribution < -0.4 is 21.9 Å². The summed E-state index contributed by atoms with van der Waals surface area (Å²) in [5.41, 5.74) is 21.1. The Morgan fingerprint density at radius 1 is 1.17 bits per heavy atom. The first-order chi connectivity index (χ1) is 13.8. The molecule has 2 aromatic carbocycles. The summed E-state index contributed by atoms with van der Waals surface area (Å²) >= 11 is 0. The Morgan fingerprint density at radius 2 is 1.86 bits per heavy atom. The lowest BCUT2D eigenvalue weighted by Crippen LogP contribution is -2.10. The molecule has 1 heterocycles. The number of carbonyl (C=O) groups excluding carboxylic acids is 1. The highest BCUT2D eigenvalue weighted by Crippen LogP contribution is 2.34. The summed E-state index contributed by atoms with van der Waals surface area (Å²) in [4.78, 5) is 8.58. The lowest BCUT2D eigenvalue weighted by atomic mass is 10.1. The van der Waals surface area contributed by atoms with Crippen LogP contribution in [0, 0.1) is 20.8 Å². The van der Waals surface area contributed by atoms with Crippen LogP contribution in [0.4, 0.5) is 5.82 Å². The molecule has 0 saturated carbocycles. The topological polar surface area (TPSA) is 142 Å². The molecule has 1 aromatic heterocycles. The highest BCUT2D eigenvalue weighted by Gasteiger charge is 2.18. The lowest BCUT2D eigenvalue weighted by Gasteiger charge is -2.12. The summed E-state index contributed by atoms with van der Waals surface area (Å²) in [7, 11) is 0. The van der Waals surface area contributed by atoms with Gasteiger partial charge in [0.05, 0.1) is 11.4 Å². The van der Waals surface area contributed by atoms with Crippen molar-refractivity contribution < 1.29 is 14.6 Å². The van der Waals surface area contributed by atoms with Gasteiger partial charge < -0.3 is 27.0 Å². The number of nitrogens with zero attached hydrogens (tertiary/aromatic N) is 2. The molecule has 0 aliphatic carbocycles. The third-order valence-electron chi connectivity index (χ3n) is 4.48. The number of aryl methyl sites for hydroxylation is 1. The summed E-state index contributed by atoms with van der Waals surface area (Å²) in [6.45, 7) is 6.69. The van der Waals surface area contributed by atoms with E-state index in [1.165, 1.54) is 0 Å². The average molecular weight is 397 g/mol. The van der Waals surface area contributed by atoms with Crippen LogP contribution in [0.3, 0.4) is 0 Å². The normalized spacial score (nSPS) is 10.2. The fraction of sp³-hybridized carbons (Fsp3) is 0.238. The number of phenols is 1. The predicted octanol–water partition coefficient (Wildman–Crippen LogP) is 2.19. The first-order valence-electron chi connectivity index (χ1n) is 9.09. The minimum absolute atomic E-state index is 0.219. The highest BCUT2D eigenvalue weighted by molar-refractivity contribution is 5.71. The number of benzene rings is 2. The van der Waals surface area contributed by atoms with Gasteiger partial charge in [-0.05, 0) is 44.5 Å². The summed E-state index contributed by atoms with van der Waals surface area (Å²) in [6.07, 6.45) is 0.250. The van der Waals surface area contributed by atoms with Crippen LogP contribution in [-0.2, 0) is 4.79 Å². The van der Waals surface area contributed by atoms with E-state index >= 15 is 0 Å². The molecule has 8 nitrogen and oxygen atoms in total.